The Morgan fingerprint density at radius 2 is 2.24 bits per heavy atom. The SMILES string of the molecule is O=C(O)[C@@H]1CCCC[C@@H]1NCc1ccccn1. The summed E-state index contributed by atoms with van der Waals surface area (Å²) in [5.41, 5.74) is 0.960. The van der Waals surface area contributed by atoms with Crippen LogP contribution in [0.4, 0.5) is 0 Å². The molecular formula is C13H18N2O2. The quantitative estimate of drug-likeness (QED) is 0.834. The van der Waals surface area contributed by atoms with Crippen molar-refractivity contribution < 1.29 is 9.90 Å². The monoisotopic (exact) mass is 234 g/mol. The standard InChI is InChI=1S/C13H18N2O2/c16-13(17)11-6-1-2-7-12(11)15-9-10-5-3-4-8-14-10/h3-5,8,11-12,15H,1-2,6-7,9H2,(H,16,17)/t11-,12+/m1/s1. The second-order valence-electron chi connectivity index (χ2n) is 4.54. The van der Waals surface area contributed by atoms with Crippen LogP contribution in [-0.2, 0) is 11.3 Å². The molecule has 0 radical (unpaired) electrons. The van der Waals surface area contributed by atoms with E-state index in [9.17, 15) is 4.79 Å². The minimum absolute atomic E-state index is 0.0863. The van der Waals surface area contributed by atoms with Gasteiger partial charge in [-0.1, -0.05) is 18.9 Å². The highest BCUT2D eigenvalue weighted by atomic mass is 16.4. The van der Waals surface area contributed by atoms with Crippen LogP contribution in [0.25, 0.3) is 0 Å². The number of nitrogens with one attached hydrogen (secondary N) is 1. The molecule has 0 aliphatic heterocycles. The maximum absolute atomic E-state index is 11.1. The molecule has 0 saturated heterocycles. The average molecular weight is 234 g/mol. The fourth-order valence-electron chi connectivity index (χ4n) is 2.41. The van der Waals surface area contributed by atoms with Gasteiger partial charge in [0.2, 0.25) is 0 Å². The van der Waals surface area contributed by atoms with Crippen molar-refractivity contribution >= 4 is 5.97 Å². The summed E-state index contributed by atoms with van der Waals surface area (Å²) in [6.45, 7) is 0.648. The number of nitrogens with zero attached hydrogens (tertiary/aromatic N) is 1. The zero-order valence-corrected chi connectivity index (χ0v) is 9.80. The summed E-state index contributed by atoms with van der Waals surface area (Å²) in [6, 6.07) is 5.86. The summed E-state index contributed by atoms with van der Waals surface area (Å²) in [5.74, 6) is -0.921. The predicted molar refractivity (Wildman–Crippen MR) is 64.5 cm³/mol. The summed E-state index contributed by atoms with van der Waals surface area (Å²) in [5, 5.41) is 12.5. The first kappa shape index (κ1) is 12.0. The zero-order chi connectivity index (χ0) is 12.1. The number of aromatic nitrogens is 1. The van der Waals surface area contributed by atoms with Crippen LogP contribution >= 0.6 is 0 Å². The van der Waals surface area contributed by atoms with Gasteiger partial charge in [-0.3, -0.25) is 9.78 Å². The molecule has 1 aliphatic carbocycles. The molecule has 1 heterocycles. The van der Waals surface area contributed by atoms with Crippen molar-refractivity contribution in [2.45, 2.75) is 38.3 Å². The molecule has 2 atom stereocenters. The summed E-state index contributed by atoms with van der Waals surface area (Å²) >= 11 is 0. The second kappa shape index (κ2) is 5.77. The molecule has 1 aromatic rings. The number of hydrogen-bond acceptors (Lipinski definition) is 3. The van der Waals surface area contributed by atoms with Gasteiger partial charge in [0.1, 0.15) is 0 Å². The van der Waals surface area contributed by atoms with E-state index in [1.54, 1.807) is 6.20 Å². The fourth-order valence-corrected chi connectivity index (χ4v) is 2.41. The molecule has 1 aliphatic rings. The van der Waals surface area contributed by atoms with Crippen molar-refractivity contribution in [3.8, 4) is 0 Å². The van der Waals surface area contributed by atoms with E-state index in [0.29, 0.717) is 6.54 Å². The van der Waals surface area contributed by atoms with E-state index in [2.05, 4.69) is 10.3 Å². The Morgan fingerprint density at radius 1 is 1.41 bits per heavy atom. The number of carboxylic acids is 1. The molecule has 1 saturated carbocycles. The fraction of sp³-hybridized carbons (Fsp3) is 0.538. The van der Waals surface area contributed by atoms with Gasteiger partial charge >= 0.3 is 5.97 Å². The maximum atomic E-state index is 11.1. The van der Waals surface area contributed by atoms with Crippen molar-refractivity contribution in [3.63, 3.8) is 0 Å². The molecular weight excluding hydrogens is 216 g/mol. The largest absolute Gasteiger partial charge is 0.481 e. The number of carboxylic acid groups (broad SMARTS) is 1. The third kappa shape index (κ3) is 3.27. The van der Waals surface area contributed by atoms with Gasteiger partial charge in [0.25, 0.3) is 0 Å². The van der Waals surface area contributed by atoms with Crippen molar-refractivity contribution in [2.75, 3.05) is 0 Å². The lowest BCUT2D eigenvalue weighted by Gasteiger charge is -2.29. The molecule has 1 fully saturated rings. The van der Waals surface area contributed by atoms with E-state index >= 15 is 0 Å². The Labute approximate surface area is 101 Å². The molecule has 1 aromatic heterocycles. The van der Waals surface area contributed by atoms with E-state index in [1.807, 2.05) is 18.2 Å². The van der Waals surface area contributed by atoms with Crippen LogP contribution in [0.2, 0.25) is 0 Å². The van der Waals surface area contributed by atoms with E-state index in [4.69, 9.17) is 5.11 Å². The first-order chi connectivity index (χ1) is 8.27. The molecule has 0 unspecified atom stereocenters. The van der Waals surface area contributed by atoms with Gasteiger partial charge in [-0.2, -0.15) is 0 Å². The van der Waals surface area contributed by atoms with Crippen molar-refractivity contribution in [3.05, 3.63) is 30.1 Å². The number of pyridine rings is 1. The van der Waals surface area contributed by atoms with Gasteiger partial charge in [0.15, 0.2) is 0 Å². The highest BCUT2D eigenvalue weighted by Crippen LogP contribution is 2.24. The third-order valence-corrected chi connectivity index (χ3v) is 3.35. The second-order valence-corrected chi connectivity index (χ2v) is 4.54. The van der Waals surface area contributed by atoms with Gasteiger partial charge in [-0.05, 0) is 25.0 Å². The molecule has 0 bridgehead atoms. The van der Waals surface area contributed by atoms with E-state index in [1.165, 1.54) is 0 Å². The normalized spacial score (nSPS) is 24.5. The van der Waals surface area contributed by atoms with Gasteiger partial charge in [-0.15, -0.1) is 0 Å². The lowest BCUT2D eigenvalue weighted by atomic mass is 9.84. The van der Waals surface area contributed by atoms with Gasteiger partial charge in [-0.25, -0.2) is 0 Å². The molecule has 2 rings (SSSR count). The lowest BCUT2D eigenvalue weighted by molar-refractivity contribution is -0.143. The molecule has 17 heavy (non-hydrogen) atoms. The predicted octanol–water partition coefficient (Wildman–Crippen LogP) is 1.81. The van der Waals surface area contributed by atoms with Gasteiger partial charge in [0.05, 0.1) is 11.6 Å². The zero-order valence-electron chi connectivity index (χ0n) is 9.80. The minimum atomic E-state index is -0.678. The van der Waals surface area contributed by atoms with Crippen LogP contribution in [0.15, 0.2) is 24.4 Å². The molecule has 0 aromatic carbocycles. The Kier molecular flexibility index (Phi) is 4.09. The van der Waals surface area contributed by atoms with Gasteiger partial charge < -0.3 is 10.4 Å². The first-order valence-corrected chi connectivity index (χ1v) is 6.13. The molecule has 4 nitrogen and oxygen atoms in total. The Hall–Kier alpha value is -1.42. The van der Waals surface area contributed by atoms with Crippen LogP contribution in [0, 0.1) is 5.92 Å². The first-order valence-electron chi connectivity index (χ1n) is 6.13. The summed E-state index contributed by atoms with van der Waals surface area (Å²) in [4.78, 5) is 15.3. The van der Waals surface area contributed by atoms with Crippen molar-refractivity contribution in [1.29, 1.82) is 0 Å². The van der Waals surface area contributed by atoms with Gasteiger partial charge in [0, 0.05) is 18.8 Å². The van der Waals surface area contributed by atoms with Crippen LogP contribution in [-0.4, -0.2) is 22.1 Å². The highest BCUT2D eigenvalue weighted by molar-refractivity contribution is 5.71. The summed E-state index contributed by atoms with van der Waals surface area (Å²) < 4.78 is 0. The smallest absolute Gasteiger partial charge is 0.308 e. The molecule has 92 valence electrons. The van der Waals surface area contributed by atoms with Crippen LogP contribution in [0.1, 0.15) is 31.4 Å². The summed E-state index contributed by atoms with van der Waals surface area (Å²) in [7, 11) is 0. The Balaban J connectivity index is 1.90. The highest BCUT2D eigenvalue weighted by Gasteiger charge is 2.30. The molecule has 4 heteroatoms. The maximum Gasteiger partial charge on any atom is 0.308 e. The third-order valence-electron chi connectivity index (χ3n) is 3.35. The lowest BCUT2D eigenvalue weighted by Crippen LogP contribution is -2.42. The van der Waals surface area contributed by atoms with Crippen LogP contribution in [0.5, 0.6) is 0 Å². The van der Waals surface area contributed by atoms with E-state index in [-0.39, 0.29) is 12.0 Å². The number of rotatable bonds is 4. The minimum Gasteiger partial charge on any atom is -0.481 e. The van der Waals surface area contributed by atoms with E-state index in [0.717, 1.165) is 31.4 Å². The van der Waals surface area contributed by atoms with E-state index < -0.39 is 5.97 Å². The molecule has 0 spiro atoms. The number of hydrogen-bond donors (Lipinski definition) is 2. The average Bonchev–Trinajstić information content (AvgIpc) is 2.38. The van der Waals surface area contributed by atoms with Crippen molar-refractivity contribution in [1.82, 2.24) is 10.3 Å². The Bertz CT molecular complexity index is 367. The van der Waals surface area contributed by atoms with Crippen molar-refractivity contribution in [2.24, 2.45) is 5.92 Å². The molecule has 2 N–H and O–H groups in total. The van der Waals surface area contributed by atoms with Crippen LogP contribution < -0.4 is 5.32 Å². The molecule has 0 amide bonds. The number of carbonyl (C=O) groups is 1. The topological polar surface area (TPSA) is 62.2 Å². The Morgan fingerprint density at radius 3 is 2.94 bits per heavy atom. The number of aliphatic carboxylic acids is 1. The van der Waals surface area contributed by atoms with Crippen LogP contribution in [0.3, 0.4) is 0 Å². The summed E-state index contributed by atoms with van der Waals surface area (Å²) in [6.07, 6.45) is 5.63.